The molecule has 1 heterocycles. The van der Waals surface area contributed by atoms with E-state index in [2.05, 4.69) is 10.4 Å². The third kappa shape index (κ3) is 3.56. The summed E-state index contributed by atoms with van der Waals surface area (Å²) in [6.45, 7) is 6.16. The number of hydrogen-bond acceptors (Lipinski definition) is 4. The molecule has 0 bridgehead atoms. The minimum absolute atomic E-state index is 0.164. The average molecular weight is 316 g/mol. The number of carbonyl (C=O) groups is 1. The average Bonchev–Trinajstić information content (AvgIpc) is 2.54. The van der Waals surface area contributed by atoms with Gasteiger partial charge in [-0.1, -0.05) is 32.0 Å². The van der Waals surface area contributed by atoms with E-state index in [-0.39, 0.29) is 18.2 Å². The van der Waals surface area contributed by atoms with Crippen molar-refractivity contribution in [2.45, 2.75) is 27.3 Å². The minimum atomic E-state index is -0.675. The summed E-state index contributed by atoms with van der Waals surface area (Å²) in [7, 11) is 0. The van der Waals surface area contributed by atoms with E-state index in [0.29, 0.717) is 12.2 Å². The van der Waals surface area contributed by atoms with E-state index in [9.17, 15) is 14.4 Å². The minimum Gasteiger partial charge on any atom is -0.350 e. The zero-order valence-electron chi connectivity index (χ0n) is 13.4. The molecule has 0 fully saturated rings. The number of para-hydroxylation sites is 1. The van der Waals surface area contributed by atoms with Crippen LogP contribution in [-0.4, -0.2) is 26.8 Å². The van der Waals surface area contributed by atoms with Crippen molar-refractivity contribution in [1.29, 1.82) is 0 Å². The lowest BCUT2D eigenvalue weighted by Crippen LogP contribution is -2.45. The van der Waals surface area contributed by atoms with Gasteiger partial charge in [0.05, 0.1) is 5.69 Å². The molecule has 0 saturated carbocycles. The highest BCUT2D eigenvalue weighted by Gasteiger charge is 2.19. The second-order valence-electron chi connectivity index (χ2n) is 5.53. The quantitative estimate of drug-likeness (QED) is 0.884. The van der Waals surface area contributed by atoms with Crippen molar-refractivity contribution < 1.29 is 4.79 Å². The van der Waals surface area contributed by atoms with E-state index >= 15 is 0 Å². The topological polar surface area (TPSA) is 86.0 Å². The molecule has 0 aliphatic rings. The van der Waals surface area contributed by atoms with Crippen LogP contribution >= 0.6 is 0 Å². The highest BCUT2D eigenvalue weighted by atomic mass is 16.2. The van der Waals surface area contributed by atoms with E-state index in [1.807, 2.05) is 13.8 Å². The third-order valence-corrected chi connectivity index (χ3v) is 3.26. The van der Waals surface area contributed by atoms with Crippen LogP contribution in [0.3, 0.4) is 0 Å². The molecule has 1 aromatic heterocycles. The Labute approximate surface area is 133 Å². The first-order valence-corrected chi connectivity index (χ1v) is 7.53. The lowest BCUT2D eigenvalue weighted by molar-refractivity contribution is 0.0939. The van der Waals surface area contributed by atoms with Gasteiger partial charge >= 0.3 is 5.69 Å². The van der Waals surface area contributed by atoms with Crippen LogP contribution in [0.4, 0.5) is 0 Å². The summed E-state index contributed by atoms with van der Waals surface area (Å²) in [6.07, 6.45) is 0. The molecule has 0 radical (unpaired) electrons. The van der Waals surface area contributed by atoms with Crippen molar-refractivity contribution in [1.82, 2.24) is 19.7 Å². The standard InChI is InChI=1S/C16H20N4O3/c1-4-19-15(22)13(14(21)17-10-11(2)3)18-20(16(19)23)12-8-6-5-7-9-12/h5-9,11H,4,10H2,1-3H3,(H,17,21). The van der Waals surface area contributed by atoms with Gasteiger partial charge in [-0.3, -0.25) is 14.2 Å². The van der Waals surface area contributed by atoms with Crippen molar-refractivity contribution in [2.75, 3.05) is 6.54 Å². The number of aromatic nitrogens is 3. The number of nitrogens with zero attached hydrogens (tertiary/aromatic N) is 3. The van der Waals surface area contributed by atoms with Crippen LogP contribution in [0.25, 0.3) is 5.69 Å². The summed E-state index contributed by atoms with van der Waals surface area (Å²) in [5.41, 5.74) is -1.02. The Kier molecular flexibility index (Phi) is 5.10. The van der Waals surface area contributed by atoms with Gasteiger partial charge in [0.1, 0.15) is 0 Å². The molecule has 2 rings (SSSR count). The number of amides is 1. The summed E-state index contributed by atoms with van der Waals surface area (Å²) < 4.78 is 2.08. The molecule has 1 amide bonds. The Morgan fingerprint density at radius 2 is 1.87 bits per heavy atom. The van der Waals surface area contributed by atoms with Crippen molar-refractivity contribution >= 4 is 5.91 Å². The largest absolute Gasteiger partial charge is 0.352 e. The first-order chi connectivity index (χ1) is 11.0. The Balaban J connectivity index is 2.58. The lowest BCUT2D eigenvalue weighted by atomic mass is 10.2. The van der Waals surface area contributed by atoms with Crippen molar-refractivity contribution in [3.63, 3.8) is 0 Å². The molecule has 122 valence electrons. The molecule has 0 aliphatic carbocycles. The molecular formula is C16H20N4O3. The molecule has 1 aromatic carbocycles. The lowest BCUT2D eigenvalue weighted by Gasteiger charge is -2.11. The fraction of sp³-hybridized carbons (Fsp3) is 0.375. The molecule has 1 N–H and O–H groups in total. The molecule has 7 heteroatoms. The summed E-state index contributed by atoms with van der Waals surface area (Å²) in [4.78, 5) is 36.9. The van der Waals surface area contributed by atoms with E-state index < -0.39 is 17.2 Å². The van der Waals surface area contributed by atoms with Gasteiger partial charge in [-0.2, -0.15) is 9.78 Å². The molecular weight excluding hydrogens is 296 g/mol. The maximum atomic E-state index is 12.4. The summed E-state index contributed by atoms with van der Waals surface area (Å²) in [5.74, 6) is -0.331. The number of hydrogen-bond donors (Lipinski definition) is 1. The normalized spacial score (nSPS) is 10.8. The smallest absolute Gasteiger partial charge is 0.350 e. The second-order valence-corrected chi connectivity index (χ2v) is 5.53. The van der Waals surface area contributed by atoms with Gasteiger partial charge in [0.2, 0.25) is 5.69 Å². The Hall–Kier alpha value is -2.70. The third-order valence-electron chi connectivity index (χ3n) is 3.26. The molecule has 2 aromatic rings. The Morgan fingerprint density at radius 3 is 2.43 bits per heavy atom. The Bertz CT molecular complexity index is 806. The molecule has 7 nitrogen and oxygen atoms in total. The van der Waals surface area contributed by atoms with Gasteiger partial charge in [0.15, 0.2) is 0 Å². The van der Waals surface area contributed by atoms with E-state index in [1.165, 1.54) is 0 Å². The van der Waals surface area contributed by atoms with E-state index in [1.54, 1.807) is 37.3 Å². The van der Waals surface area contributed by atoms with Crippen LogP contribution < -0.4 is 16.6 Å². The van der Waals surface area contributed by atoms with E-state index in [4.69, 9.17) is 0 Å². The number of rotatable bonds is 5. The van der Waals surface area contributed by atoms with Gasteiger partial charge in [0, 0.05) is 13.1 Å². The zero-order chi connectivity index (χ0) is 17.0. The number of nitrogens with one attached hydrogen (secondary N) is 1. The molecule has 0 atom stereocenters. The summed E-state index contributed by atoms with van der Waals surface area (Å²) in [6, 6.07) is 8.69. The van der Waals surface area contributed by atoms with Crippen LogP contribution in [-0.2, 0) is 6.54 Å². The van der Waals surface area contributed by atoms with Gasteiger partial charge in [-0.15, -0.1) is 0 Å². The summed E-state index contributed by atoms with van der Waals surface area (Å²) >= 11 is 0. The molecule has 0 unspecified atom stereocenters. The number of benzene rings is 1. The first kappa shape index (κ1) is 16.7. The second kappa shape index (κ2) is 7.04. The van der Waals surface area contributed by atoms with Crippen molar-refractivity contribution in [3.05, 3.63) is 56.9 Å². The van der Waals surface area contributed by atoms with Gasteiger partial charge in [-0.25, -0.2) is 4.79 Å². The van der Waals surface area contributed by atoms with Crippen molar-refractivity contribution in [2.24, 2.45) is 5.92 Å². The predicted molar refractivity (Wildman–Crippen MR) is 86.9 cm³/mol. The van der Waals surface area contributed by atoms with Gasteiger partial charge in [-0.05, 0) is 25.0 Å². The maximum absolute atomic E-state index is 12.4. The molecule has 23 heavy (non-hydrogen) atoms. The molecule has 0 saturated heterocycles. The fourth-order valence-corrected chi connectivity index (χ4v) is 2.05. The van der Waals surface area contributed by atoms with Gasteiger partial charge in [0.25, 0.3) is 11.5 Å². The SMILES string of the molecule is CCn1c(=O)c(C(=O)NCC(C)C)nn(-c2ccccc2)c1=O. The van der Waals surface area contributed by atoms with Crippen molar-refractivity contribution in [3.8, 4) is 5.69 Å². The van der Waals surface area contributed by atoms with Crippen LogP contribution in [0.1, 0.15) is 31.3 Å². The highest BCUT2D eigenvalue weighted by Crippen LogP contribution is 2.01. The Morgan fingerprint density at radius 1 is 1.22 bits per heavy atom. The number of carbonyl (C=O) groups excluding carboxylic acids is 1. The molecule has 0 spiro atoms. The monoisotopic (exact) mass is 316 g/mol. The molecule has 0 aliphatic heterocycles. The van der Waals surface area contributed by atoms with Crippen LogP contribution in [0, 0.1) is 5.92 Å². The van der Waals surface area contributed by atoms with Gasteiger partial charge < -0.3 is 5.32 Å². The maximum Gasteiger partial charge on any atom is 0.352 e. The van der Waals surface area contributed by atoms with Crippen LogP contribution in [0.5, 0.6) is 0 Å². The predicted octanol–water partition coefficient (Wildman–Crippen LogP) is 0.800. The first-order valence-electron chi connectivity index (χ1n) is 7.53. The van der Waals surface area contributed by atoms with Crippen LogP contribution in [0.2, 0.25) is 0 Å². The zero-order valence-corrected chi connectivity index (χ0v) is 13.4. The summed E-state index contributed by atoms with van der Waals surface area (Å²) in [5, 5.41) is 6.65. The van der Waals surface area contributed by atoms with E-state index in [0.717, 1.165) is 9.25 Å². The van der Waals surface area contributed by atoms with Crippen LogP contribution in [0.15, 0.2) is 39.9 Å². The fourth-order valence-electron chi connectivity index (χ4n) is 2.05. The highest BCUT2D eigenvalue weighted by molar-refractivity contribution is 5.91.